The Bertz CT molecular complexity index is 478. The van der Waals surface area contributed by atoms with Crippen LogP contribution in [0.1, 0.15) is 25.8 Å². The number of halogens is 1. The van der Waals surface area contributed by atoms with Crippen LogP contribution in [0.5, 0.6) is 0 Å². The fraction of sp³-hybridized carbons (Fsp3) is 0.467. The fourth-order valence-corrected chi connectivity index (χ4v) is 1.88. The van der Waals surface area contributed by atoms with Crippen molar-refractivity contribution in [3.63, 3.8) is 0 Å². The third-order valence-electron chi connectivity index (χ3n) is 3.11. The number of carbonyl (C=O) groups excluding carboxylic acids is 2. The zero-order chi connectivity index (χ0) is 15.1. The molecule has 21 heavy (non-hydrogen) atoms. The van der Waals surface area contributed by atoms with Crippen LogP contribution in [-0.2, 0) is 20.7 Å². The molecule has 0 saturated carbocycles. The molecule has 0 aromatic heterocycles. The summed E-state index contributed by atoms with van der Waals surface area (Å²) in [6.07, 6.45) is 0.832. The number of hydrogen-bond acceptors (Lipinski definition) is 4. The number of para-hydroxylation sites is 1. The lowest BCUT2D eigenvalue weighted by Crippen LogP contribution is -2.45. The van der Waals surface area contributed by atoms with E-state index in [2.05, 4.69) is 10.1 Å². The molecule has 0 bridgehead atoms. The standard InChI is InChI=1S/C15H22N2O3.ClH/c1-10(2)14(15(19)20-3)17-13(18)9-8-11-6-4-5-7-12(11)16;/h4-7,10,14H,8-9,16H2,1-3H3,(H,17,18);1H. The van der Waals surface area contributed by atoms with Crippen molar-refractivity contribution in [1.29, 1.82) is 0 Å². The molecule has 1 aromatic rings. The van der Waals surface area contributed by atoms with Crippen molar-refractivity contribution in [3.05, 3.63) is 29.8 Å². The van der Waals surface area contributed by atoms with Gasteiger partial charge >= 0.3 is 5.97 Å². The molecule has 1 amide bonds. The number of ether oxygens (including phenoxy) is 1. The minimum atomic E-state index is -0.611. The number of methoxy groups -OCH3 is 1. The first-order chi connectivity index (χ1) is 9.45. The summed E-state index contributed by atoms with van der Waals surface area (Å²) in [6.45, 7) is 3.72. The number of hydrogen-bond donors (Lipinski definition) is 2. The molecule has 0 heterocycles. The molecule has 0 aliphatic heterocycles. The van der Waals surface area contributed by atoms with Crippen molar-refractivity contribution in [2.75, 3.05) is 12.8 Å². The van der Waals surface area contributed by atoms with Crippen LogP contribution in [0.15, 0.2) is 24.3 Å². The quantitative estimate of drug-likeness (QED) is 0.621. The SMILES string of the molecule is COC(=O)C(NC(=O)CCc1ccccc1N)C(C)C.Cl. The highest BCUT2D eigenvalue weighted by atomic mass is 35.5. The third kappa shape index (κ3) is 6.04. The third-order valence-corrected chi connectivity index (χ3v) is 3.11. The summed E-state index contributed by atoms with van der Waals surface area (Å²) in [5, 5.41) is 2.70. The number of nitrogens with one attached hydrogen (secondary N) is 1. The van der Waals surface area contributed by atoms with Gasteiger partial charge in [-0.15, -0.1) is 12.4 Å². The van der Waals surface area contributed by atoms with Crippen LogP contribution >= 0.6 is 12.4 Å². The predicted molar refractivity (Wildman–Crippen MR) is 85.2 cm³/mol. The zero-order valence-corrected chi connectivity index (χ0v) is 13.4. The van der Waals surface area contributed by atoms with Crippen molar-refractivity contribution >= 4 is 30.0 Å². The summed E-state index contributed by atoms with van der Waals surface area (Å²) >= 11 is 0. The van der Waals surface area contributed by atoms with Crippen LogP contribution in [-0.4, -0.2) is 25.0 Å². The molecule has 0 radical (unpaired) electrons. The molecule has 6 heteroatoms. The molecule has 1 aromatic carbocycles. The summed E-state index contributed by atoms with van der Waals surface area (Å²) in [6, 6.07) is 6.82. The lowest BCUT2D eigenvalue weighted by Gasteiger charge is -2.19. The number of nitrogens with two attached hydrogens (primary N) is 1. The first-order valence-corrected chi connectivity index (χ1v) is 6.66. The molecule has 0 aliphatic carbocycles. The molecular formula is C15H23ClN2O3. The number of aryl methyl sites for hydroxylation is 1. The van der Waals surface area contributed by atoms with Crippen molar-refractivity contribution in [2.24, 2.45) is 5.92 Å². The second-order valence-electron chi connectivity index (χ2n) is 5.01. The fourth-order valence-electron chi connectivity index (χ4n) is 1.88. The Morgan fingerprint density at radius 2 is 1.90 bits per heavy atom. The Kier molecular flexibility index (Phi) is 8.47. The molecule has 1 atom stereocenters. The molecule has 1 unspecified atom stereocenters. The van der Waals surface area contributed by atoms with E-state index in [0.717, 1.165) is 5.56 Å². The predicted octanol–water partition coefficient (Wildman–Crippen LogP) is 1.94. The maximum Gasteiger partial charge on any atom is 0.328 e. The normalized spacial score (nSPS) is 11.4. The Balaban J connectivity index is 0.00000400. The van der Waals surface area contributed by atoms with Gasteiger partial charge in [-0.2, -0.15) is 0 Å². The van der Waals surface area contributed by atoms with Crippen LogP contribution in [0.2, 0.25) is 0 Å². The van der Waals surface area contributed by atoms with E-state index >= 15 is 0 Å². The van der Waals surface area contributed by atoms with Crippen LogP contribution in [0, 0.1) is 5.92 Å². The van der Waals surface area contributed by atoms with Crippen LogP contribution in [0.3, 0.4) is 0 Å². The van der Waals surface area contributed by atoms with Crippen molar-refractivity contribution in [1.82, 2.24) is 5.32 Å². The van der Waals surface area contributed by atoms with E-state index in [-0.39, 0.29) is 30.7 Å². The summed E-state index contributed by atoms with van der Waals surface area (Å²) in [5.41, 5.74) is 7.43. The molecular weight excluding hydrogens is 292 g/mol. The summed E-state index contributed by atoms with van der Waals surface area (Å²) in [7, 11) is 1.31. The van der Waals surface area contributed by atoms with Gasteiger partial charge in [-0.25, -0.2) is 4.79 Å². The van der Waals surface area contributed by atoms with E-state index in [1.165, 1.54) is 7.11 Å². The van der Waals surface area contributed by atoms with Crippen molar-refractivity contribution in [3.8, 4) is 0 Å². The van der Waals surface area contributed by atoms with Gasteiger partial charge in [0.25, 0.3) is 0 Å². The number of benzene rings is 1. The molecule has 5 nitrogen and oxygen atoms in total. The van der Waals surface area contributed by atoms with Gasteiger partial charge in [-0.05, 0) is 24.0 Å². The van der Waals surface area contributed by atoms with E-state index in [9.17, 15) is 9.59 Å². The van der Waals surface area contributed by atoms with Gasteiger partial charge in [0.15, 0.2) is 0 Å². The molecule has 1 rings (SSSR count). The number of carbonyl (C=O) groups is 2. The van der Waals surface area contributed by atoms with E-state index in [4.69, 9.17) is 5.73 Å². The maximum absolute atomic E-state index is 11.9. The number of amides is 1. The topological polar surface area (TPSA) is 81.4 Å². The van der Waals surface area contributed by atoms with Gasteiger partial charge < -0.3 is 15.8 Å². The molecule has 0 saturated heterocycles. The van der Waals surface area contributed by atoms with Gasteiger partial charge in [0.2, 0.25) is 5.91 Å². The first kappa shape index (κ1) is 19.2. The van der Waals surface area contributed by atoms with Crippen LogP contribution in [0.25, 0.3) is 0 Å². The Morgan fingerprint density at radius 3 is 2.43 bits per heavy atom. The second-order valence-corrected chi connectivity index (χ2v) is 5.01. The number of rotatable bonds is 6. The highest BCUT2D eigenvalue weighted by molar-refractivity contribution is 5.85. The number of nitrogen functional groups attached to an aromatic ring is 1. The molecule has 0 fully saturated rings. The molecule has 118 valence electrons. The van der Waals surface area contributed by atoms with Crippen LogP contribution < -0.4 is 11.1 Å². The number of esters is 1. The second kappa shape index (κ2) is 9.23. The minimum absolute atomic E-state index is 0. The van der Waals surface area contributed by atoms with E-state index in [1.807, 2.05) is 32.0 Å². The van der Waals surface area contributed by atoms with Gasteiger partial charge in [0, 0.05) is 12.1 Å². The van der Waals surface area contributed by atoms with Crippen molar-refractivity contribution < 1.29 is 14.3 Å². The smallest absolute Gasteiger partial charge is 0.328 e. The molecule has 0 aliphatic rings. The molecule has 3 N–H and O–H groups in total. The number of anilines is 1. The van der Waals surface area contributed by atoms with E-state index in [0.29, 0.717) is 12.1 Å². The van der Waals surface area contributed by atoms with Crippen molar-refractivity contribution in [2.45, 2.75) is 32.7 Å². The van der Waals surface area contributed by atoms with E-state index < -0.39 is 12.0 Å². The van der Waals surface area contributed by atoms with E-state index in [1.54, 1.807) is 6.07 Å². The lowest BCUT2D eigenvalue weighted by atomic mass is 10.0. The molecule has 0 spiro atoms. The largest absolute Gasteiger partial charge is 0.467 e. The Morgan fingerprint density at radius 1 is 1.29 bits per heavy atom. The van der Waals surface area contributed by atoms with Gasteiger partial charge in [-0.3, -0.25) is 4.79 Å². The zero-order valence-electron chi connectivity index (χ0n) is 12.6. The highest BCUT2D eigenvalue weighted by Gasteiger charge is 2.24. The lowest BCUT2D eigenvalue weighted by molar-refractivity contribution is -0.146. The maximum atomic E-state index is 11.9. The van der Waals surface area contributed by atoms with Gasteiger partial charge in [0.05, 0.1) is 7.11 Å². The average Bonchev–Trinajstić information content (AvgIpc) is 2.42. The minimum Gasteiger partial charge on any atom is -0.467 e. The van der Waals surface area contributed by atoms with Gasteiger partial charge in [0.1, 0.15) is 6.04 Å². The first-order valence-electron chi connectivity index (χ1n) is 6.66. The summed E-state index contributed by atoms with van der Waals surface area (Å²) < 4.78 is 4.68. The Hall–Kier alpha value is -1.75. The highest BCUT2D eigenvalue weighted by Crippen LogP contribution is 2.13. The summed E-state index contributed by atoms with van der Waals surface area (Å²) in [5.74, 6) is -0.627. The monoisotopic (exact) mass is 314 g/mol. The Labute approximate surface area is 131 Å². The van der Waals surface area contributed by atoms with Crippen LogP contribution in [0.4, 0.5) is 5.69 Å². The van der Waals surface area contributed by atoms with Gasteiger partial charge in [-0.1, -0.05) is 32.0 Å². The average molecular weight is 315 g/mol. The summed E-state index contributed by atoms with van der Waals surface area (Å²) in [4.78, 5) is 23.5.